The number of hydrogen-bond acceptors (Lipinski definition) is 2. The van der Waals surface area contributed by atoms with Crippen molar-refractivity contribution in [2.75, 3.05) is 13.1 Å². The first-order valence-electron chi connectivity index (χ1n) is 6.21. The van der Waals surface area contributed by atoms with Gasteiger partial charge in [-0.15, -0.1) is 0 Å². The Labute approximate surface area is 100 Å². The molecule has 0 aliphatic carbocycles. The quantitative estimate of drug-likeness (QED) is 0.788. The summed E-state index contributed by atoms with van der Waals surface area (Å²) >= 11 is 0. The van der Waals surface area contributed by atoms with Crippen molar-refractivity contribution < 1.29 is 8.81 Å². The number of hydrogen-bond donors (Lipinski definition) is 0. The Morgan fingerprint density at radius 2 is 1.94 bits per heavy atom. The van der Waals surface area contributed by atoms with Crippen LogP contribution in [0.25, 0.3) is 11.0 Å². The Morgan fingerprint density at radius 3 is 2.76 bits per heavy atom. The maximum Gasteiger partial charge on any atom is 0.134 e. The van der Waals surface area contributed by atoms with Crippen molar-refractivity contribution in [1.29, 1.82) is 0 Å². The molecule has 90 valence electrons. The van der Waals surface area contributed by atoms with E-state index in [0.29, 0.717) is 0 Å². The van der Waals surface area contributed by atoms with Crippen LogP contribution in [-0.2, 0) is 6.54 Å². The van der Waals surface area contributed by atoms with Gasteiger partial charge in [0.05, 0.1) is 6.54 Å². The molecule has 1 aliphatic rings. The number of furan rings is 1. The van der Waals surface area contributed by atoms with Crippen LogP contribution in [-0.4, -0.2) is 18.0 Å². The lowest BCUT2D eigenvalue weighted by atomic mass is 10.1. The minimum absolute atomic E-state index is 0.206. The second-order valence-corrected chi connectivity index (χ2v) is 4.73. The number of nitrogens with zero attached hydrogens (tertiary/aromatic N) is 1. The van der Waals surface area contributed by atoms with E-state index in [0.717, 1.165) is 36.4 Å². The van der Waals surface area contributed by atoms with Crippen molar-refractivity contribution in [3.05, 3.63) is 35.8 Å². The van der Waals surface area contributed by atoms with Crippen LogP contribution < -0.4 is 0 Å². The molecule has 2 nitrogen and oxygen atoms in total. The van der Waals surface area contributed by atoms with Gasteiger partial charge >= 0.3 is 0 Å². The Kier molecular flexibility index (Phi) is 2.85. The molecule has 2 heterocycles. The molecular weight excluding hydrogens is 217 g/mol. The number of rotatable bonds is 2. The normalized spacial score (nSPS) is 17.7. The summed E-state index contributed by atoms with van der Waals surface area (Å²) in [5, 5.41) is 0.858. The summed E-state index contributed by atoms with van der Waals surface area (Å²) in [6.07, 6.45) is 3.88. The molecule has 0 saturated carbocycles. The Balaban J connectivity index is 1.80. The van der Waals surface area contributed by atoms with Crippen LogP contribution in [0, 0.1) is 5.82 Å². The Morgan fingerprint density at radius 1 is 1.12 bits per heavy atom. The van der Waals surface area contributed by atoms with Crippen LogP contribution >= 0.6 is 0 Å². The molecule has 0 N–H and O–H groups in total. The zero-order valence-corrected chi connectivity index (χ0v) is 9.79. The Bertz CT molecular complexity index is 514. The van der Waals surface area contributed by atoms with Crippen LogP contribution in [0.4, 0.5) is 4.39 Å². The highest BCUT2D eigenvalue weighted by Crippen LogP contribution is 2.22. The monoisotopic (exact) mass is 233 g/mol. The van der Waals surface area contributed by atoms with Crippen LogP contribution in [0.5, 0.6) is 0 Å². The van der Waals surface area contributed by atoms with Crippen LogP contribution in [0.3, 0.4) is 0 Å². The van der Waals surface area contributed by atoms with Gasteiger partial charge in [0.15, 0.2) is 0 Å². The molecule has 1 fully saturated rings. The van der Waals surface area contributed by atoms with E-state index in [-0.39, 0.29) is 5.82 Å². The van der Waals surface area contributed by atoms with Gasteiger partial charge in [-0.05, 0) is 50.2 Å². The first-order chi connectivity index (χ1) is 8.31. The SMILES string of the molecule is Fc1ccc2oc(CN3CCCCC3)cc2c1. The molecule has 3 heteroatoms. The standard InChI is InChI=1S/C14H16FNO/c15-12-4-5-14-11(8-12)9-13(17-14)10-16-6-2-1-3-7-16/h4-5,8-9H,1-3,6-7,10H2. The molecule has 1 aliphatic heterocycles. The van der Waals surface area contributed by atoms with E-state index in [2.05, 4.69) is 4.90 Å². The molecule has 17 heavy (non-hydrogen) atoms. The van der Waals surface area contributed by atoms with Crippen molar-refractivity contribution >= 4 is 11.0 Å². The zero-order valence-electron chi connectivity index (χ0n) is 9.79. The summed E-state index contributed by atoms with van der Waals surface area (Å²) < 4.78 is 18.8. The van der Waals surface area contributed by atoms with Crippen molar-refractivity contribution in [1.82, 2.24) is 4.90 Å². The number of likely N-dealkylation sites (tertiary alicyclic amines) is 1. The lowest BCUT2D eigenvalue weighted by molar-refractivity contribution is 0.207. The largest absolute Gasteiger partial charge is 0.460 e. The summed E-state index contributed by atoms with van der Waals surface area (Å²) in [5.74, 6) is 0.732. The van der Waals surface area contributed by atoms with E-state index < -0.39 is 0 Å². The third-order valence-corrected chi connectivity index (χ3v) is 3.36. The number of halogens is 1. The van der Waals surface area contributed by atoms with Gasteiger partial charge < -0.3 is 4.42 Å². The Hall–Kier alpha value is -1.35. The molecule has 0 atom stereocenters. The molecule has 1 aromatic carbocycles. The molecule has 0 radical (unpaired) electrons. The highest BCUT2D eigenvalue weighted by molar-refractivity contribution is 5.77. The molecule has 0 spiro atoms. The van der Waals surface area contributed by atoms with Crippen LogP contribution in [0.15, 0.2) is 28.7 Å². The molecule has 0 bridgehead atoms. The van der Waals surface area contributed by atoms with E-state index >= 15 is 0 Å². The fourth-order valence-corrected chi connectivity index (χ4v) is 2.49. The third-order valence-electron chi connectivity index (χ3n) is 3.36. The van der Waals surface area contributed by atoms with Gasteiger partial charge in [0, 0.05) is 5.39 Å². The van der Waals surface area contributed by atoms with Gasteiger partial charge in [-0.25, -0.2) is 4.39 Å². The minimum Gasteiger partial charge on any atom is -0.460 e. The summed E-state index contributed by atoms with van der Waals surface area (Å²) in [5.41, 5.74) is 0.776. The van der Waals surface area contributed by atoms with Gasteiger partial charge in [0.1, 0.15) is 17.2 Å². The highest BCUT2D eigenvalue weighted by atomic mass is 19.1. The number of benzene rings is 1. The molecule has 2 aromatic rings. The average Bonchev–Trinajstić information content (AvgIpc) is 2.71. The minimum atomic E-state index is -0.206. The predicted octanol–water partition coefficient (Wildman–Crippen LogP) is 3.56. The van der Waals surface area contributed by atoms with E-state index in [1.165, 1.54) is 31.4 Å². The molecule has 1 saturated heterocycles. The van der Waals surface area contributed by atoms with Gasteiger partial charge in [0.25, 0.3) is 0 Å². The molecule has 3 rings (SSSR count). The predicted molar refractivity (Wildman–Crippen MR) is 65.3 cm³/mol. The van der Waals surface area contributed by atoms with Gasteiger partial charge in [-0.3, -0.25) is 4.90 Å². The summed E-state index contributed by atoms with van der Waals surface area (Å²) in [4.78, 5) is 2.40. The smallest absolute Gasteiger partial charge is 0.134 e. The topological polar surface area (TPSA) is 16.4 Å². The number of fused-ring (bicyclic) bond motifs is 1. The van der Waals surface area contributed by atoms with Crippen molar-refractivity contribution in [3.63, 3.8) is 0 Å². The van der Waals surface area contributed by atoms with Gasteiger partial charge in [0.2, 0.25) is 0 Å². The van der Waals surface area contributed by atoms with Crippen LogP contribution in [0.2, 0.25) is 0 Å². The second kappa shape index (κ2) is 4.49. The summed E-state index contributed by atoms with van der Waals surface area (Å²) in [7, 11) is 0. The maximum atomic E-state index is 13.1. The lowest BCUT2D eigenvalue weighted by Gasteiger charge is -2.25. The van der Waals surface area contributed by atoms with E-state index in [1.807, 2.05) is 6.07 Å². The molecule has 0 unspecified atom stereocenters. The first-order valence-corrected chi connectivity index (χ1v) is 6.21. The molecular formula is C14H16FNO. The van der Waals surface area contributed by atoms with Crippen molar-refractivity contribution in [2.24, 2.45) is 0 Å². The van der Waals surface area contributed by atoms with Crippen molar-refractivity contribution in [3.8, 4) is 0 Å². The first kappa shape index (κ1) is 10.8. The van der Waals surface area contributed by atoms with Gasteiger partial charge in [-0.2, -0.15) is 0 Å². The summed E-state index contributed by atoms with van der Waals surface area (Å²) in [6.45, 7) is 3.13. The van der Waals surface area contributed by atoms with Gasteiger partial charge in [-0.1, -0.05) is 6.42 Å². The lowest BCUT2D eigenvalue weighted by Crippen LogP contribution is -2.28. The zero-order chi connectivity index (χ0) is 11.7. The third kappa shape index (κ3) is 2.34. The fourth-order valence-electron chi connectivity index (χ4n) is 2.49. The fraction of sp³-hybridized carbons (Fsp3) is 0.429. The molecule has 1 aromatic heterocycles. The van der Waals surface area contributed by atoms with E-state index in [9.17, 15) is 4.39 Å². The van der Waals surface area contributed by atoms with E-state index in [4.69, 9.17) is 4.42 Å². The van der Waals surface area contributed by atoms with Crippen molar-refractivity contribution in [2.45, 2.75) is 25.8 Å². The maximum absolute atomic E-state index is 13.1. The highest BCUT2D eigenvalue weighted by Gasteiger charge is 2.13. The van der Waals surface area contributed by atoms with Crippen LogP contribution in [0.1, 0.15) is 25.0 Å². The molecule has 0 amide bonds. The summed E-state index contributed by atoms with van der Waals surface area (Å²) in [6, 6.07) is 6.62. The number of piperidine rings is 1. The average molecular weight is 233 g/mol. The van der Waals surface area contributed by atoms with E-state index in [1.54, 1.807) is 6.07 Å². The second-order valence-electron chi connectivity index (χ2n) is 4.73.